The molecule has 0 radical (unpaired) electrons. The van der Waals surface area contributed by atoms with E-state index < -0.39 is 0 Å². The number of carbonyl (C=O) groups is 2. The highest BCUT2D eigenvalue weighted by Crippen LogP contribution is 2.56. The van der Waals surface area contributed by atoms with Gasteiger partial charge < -0.3 is 4.74 Å². The van der Waals surface area contributed by atoms with Gasteiger partial charge in [0.2, 0.25) is 0 Å². The average molecular weight is 250 g/mol. The van der Waals surface area contributed by atoms with E-state index in [1.54, 1.807) is 0 Å². The van der Waals surface area contributed by atoms with E-state index in [0.29, 0.717) is 18.1 Å². The maximum atomic E-state index is 12.0. The lowest BCUT2D eigenvalue weighted by atomic mass is 9.53. The van der Waals surface area contributed by atoms with Crippen LogP contribution >= 0.6 is 0 Å². The number of hydrogen-bond acceptors (Lipinski definition) is 3. The van der Waals surface area contributed by atoms with Gasteiger partial charge in [0, 0.05) is 24.2 Å². The summed E-state index contributed by atoms with van der Waals surface area (Å²) in [6.45, 7) is 6.29. The van der Waals surface area contributed by atoms with Gasteiger partial charge in [-0.3, -0.25) is 9.59 Å². The van der Waals surface area contributed by atoms with E-state index in [-0.39, 0.29) is 35.2 Å². The first-order valence-electron chi connectivity index (χ1n) is 7.17. The molecule has 3 nitrogen and oxygen atoms in total. The molecule has 3 aliphatic rings. The molecule has 18 heavy (non-hydrogen) atoms. The molecule has 1 heterocycles. The molecule has 0 aromatic carbocycles. The normalized spacial score (nSPS) is 51.6. The minimum absolute atomic E-state index is 0.00880. The van der Waals surface area contributed by atoms with Gasteiger partial charge in [0.15, 0.2) is 0 Å². The largest absolute Gasteiger partial charge is 0.461 e. The highest BCUT2D eigenvalue weighted by molar-refractivity contribution is 5.82. The summed E-state index contributed by atoms with van der Waals surface area (Å²) < 4.78 is 5.64. The minimum atomic E-state index is -0.0560. The third-order valence-electron chi connectivity index (χ3n) is 5.88. The van der Waals surface area contributed by atoms with Crippen LogP contribution in [0.5, 0.6) is 0 Å². The predicted octanol–water partition coefficient (Wildman–Crippen LogP) is 2.58. The predicted molar refractivity (Wildman–Crippen MR) is 66.8 cm³/mol. The highest BCUT2D eigenvalue weighted by atomic mass is 16.6. The molecule has 0 amide bonds. The van der Waals surface area contributed by atoms with E-state index in [0.717, 1.165) is 19.3 Å². The number of hydrogen-bond donors (Lipinski definition) is 0. The van der Waals surface area contributed by atoms with Crippen LogP contribution < -0.4 is 0 Å². The Morgan fingerprint density at radius 3 is 2.61 bits per heavy atom. The van der Waals surface area contributed by atoms with Crippen molar-refractivity contribution in [3.63, 3.8) is 0 Å². The van der Waals surface area contributed by atoms with Crippen molar-refractivity contribution < 1.29 is 14.3 Å². The number of ketones is 1. The molecule has 3 rings (SSSR count). The molecule has 3 heteroatoms. The van der Waals surface area contributed by atoms with Crippen LogP contribution in [0.15, 0.2) is 0 Å². The molecule has 1 aliphatic heterocycles. The number of esters is 1. The van der Waals surface area contributed by atoms with Crippen LogP contribution in [-0.4, -0.2) is 17.9 Å². The summed E-state index contributed by atoms with van der Waals surface area (Å²) in [5.74, 6) is 0.946. The summed E-state index contributed by atoms with van der Waals surface area (Å²) in [4.78, 5) is 23.8. The average Bonchev–Trinajstić information content (AvgIpc) is 2.60. The second-order valence-corrected chi connectivity index (χ2v) is 6.83. The van der Waals surface area contributed by atoms with Crippen molar-refractivity contribution in [1.82, 2.24) is 0 Å². The van der Waals surface area contributed by atoms with Crippen LogP contribution in [-0.2, 0) is 14.3 Å². The molecule has 0 N–H and O–H groups in total. The number of ether oxygens (including phenoxy) is 1. The fourth-order valence-corrected chi connectivity index (χ4v) is 4.62. The minimum Gasteiger partial charge on any atom is -0.461 e. The van der Waals surface area contributed by atoms with Crippen LogP contribution in [0.3, 0.4) is 0 Å². The highest BCUT2D eigenvalue weighted by Gasteiger charge is 2.58. The van der Waals surface area contributed by atoms with Crippen molar-refractivity contribution in [1.29, 1.82) is 0 Å². The lowest BCUT2D eigenvalue weighted by Gasteiger charge is -2.51. The Labute approximate surface area is 108 Å². The summed E-state index contributed by atoms with van der Waals surface area (Å²) in [6.07, 6.45) is 3.87. The van der Waals surface area contributed by atoms with Gasteiger partial charge in [-0.1, -0.05) is 20.8 Å². The smallest absolute Gasteiger partial charge is 0.309 e. The maximum Gasteiger partial charge on any atom is 0.309 e. The van der Waals surface area contributed by atoms with Crippen molar-refractivity contribution in [3.05, 3.63) is 0 Å². The van der Waals surface area contributed by atoms with Crippen LogP contribution in [0.25, 0.3) is 0 Å². The number of rotatable bonds is 0. The lowest BCUT2D eigenvalue weighted by molar-refractivity contribution is -0.158. The summed E-state index contributed by atoms with van der Waals surface area (Å²) in [6, 6.07) is 0. The fraction of sp³-hybridized carbons (Fsp3) is 0.867. The Morgan fingerprint density at radius 1 is 1.17 bits per heavy atom. The standard InChI is InChI=1S/C15H22O3/c1-8-10-4-6-15(3)7-5-11(16)9(2)12(15)13(10)18-14(8)17/h8-10,12-13H,4-7H2,1-3H3/t8-,9+,10-,12-,13+,15-/m0/s1. The zero-order valence-electron chi connectivity index (χ0n) is 11.4. The summed E-state index contributed by atoms with van der Waals surface area (Å²) >= 11 is 0. The first-order valence-corrected chi connectivity index (χ1v) is 7.17. The SMILES string of the molecule is C[C@@H]1C(=O)O[C@@H]2[C@H]1CC[C@@]1(C)CCC(=O)[C@@H](C)[C@@H]21. The molecule has 6 atom stereocenters. The molecule has 0 aromatic heterocycles. The maximum absolute atomic E-state index is 12.0. The first kappa shape index (κ1) is 12.2. The molecule has 0 unspecified atom stereocenters. The van der Waals surface area contributed by atoms with Gasteiger partial charge in [-0.15, -0.1) is 0 Å². The Bertz CT molecular complexity index is 403. The van der Waals surface area contributed by atoms with Crippen LogP contribution in [0.2, 0.25) is 0 Å². The van der Waals surface area contributed by atoms with Gasteiger partial charge in [-0.25, -0.2) is 0 Å². The van der Waals surface area contributed by atoms with Gasteiger partial charge in [0.05, 0.1) is 5.92 Å². The molecular formula is C15H22O3. The van der Waals surface area contributed by atoms with E-state index in [4.69, 9.17) is 4.74 Å². The topological polar surface area (TPSA) is 43.4 Å². The monoisotopic (exact) mass is 250 g/mol. The van der Waals surface area contributed by atoms with Crippen molar-refractivity contribution in [2.45, 2.75) is 52.6 Å². The zero-order valence-corrected chi connectivity index (χ0v) is 11.4. The first-order chi connectivity index (χ1) is 8.44. The van der Waals surface area contributed by atoms with E-state index in [9.17, 15) is 9.59 Å². The van der Waals surface area contributed by atoms with Gasteiger partial charge in [0.25, 0.3) is 0 Å². The van der Waals surface area contributed by atoms with E-state index in [1.165, 1.54) is 0 Å². The van der Waals surface area contributed by atoms with E-state index in [2.05, 4.69) is 6.92 Å². The Morgan fingerprint density at radius 2 is 1.89 bits per heavy atom. The number of Topliss-reactive ketones (excluding diaryl/α,β-unsaturated/α-hetero) is 1. The van der Waals surface area contributed by atoms with Crippen LogP contribution in [0.1, 0.15) is 46.5 Å². The van der Waals surface area contributed by atoms with Crippen molar-refractivity contribution in [3.8, 4) is 0 Å². The number of fused-ring (bicyclic) bond motifs is 3. The van der Waals surface area contributed by atoms with Gasteiger partial charge >= 0.3 is 5.97 Å². The summed E-state index contributed by atoms with van der Waals surface area (Å²) in [5.41, 5.74) is 0.193. The van der Waals surface area contributed by atoms with E-state index in [1.807, 2.05) is 13.8 Å². The molecule has 2 aliphatic carbocycles. The van der Waals surface area contributed by atoms with Crippen molar-refractivity contribution >= 4 is 11.8 Å². The molecule has 3 fully saturated rings. The molecule has 100 valence electrons. The second-order valence-electron chi connectivity index (χ2n) is 6.83. The fourth-order valence-electron chi connectivity index (χ4n) is 4.62. The zero-order chi connectivity index (χ0) is 13.1. The molecule has 1 saturated heterocycles. The quantitative estimate of drug-likeness (QED) is 0.621. The van der Waals surface area contributed by atoms with Gasteiger partial charge in [-0.05, 0) is 24.7 Å². The van der Waals surface area contributed by atoms with Crippen LogP contribution in [0, 0.1) is 29.1 Å². The summed E-state index contributed by atoms with van der Waals surface area (Å²) in [5, 5.41) is 0. The van der Waals surface area contributed by atoms with Crippen LogP contribution in [0.4, 0.5) is 0 Å². The van der Waals surface area contributed by atoms with Crippen molar-refractivity contribution in [2.24, 2.45) is 29.1 Å². The molecule has 0 aromatic rings. The molecule has 2 saturated carbocycles. The second kappa shape index (κ2) is 3.82. The van der Waals surface area contributed by atoms with E-state index >= 15 is 0 Å². The third-order valence-corrected chi connectivity index (χ3v) is 5.88. The lowest BCUT2D eigenvalue weighted by Crippen LogP contribution is -2.52. The Hall–Kier alpha value is -0.860. The Balaban J connectivity index is 1.96. The number of carbonyl (C=O) groups excluding carboxylic acids is 2. The van der Waals surface area contributed by atoms with Crippen molar-refractivity contribution in [2.75, 3.05) is 0 Å². The molecule has 0 bridgehead atoms. The van der Waals surface area contributed by atoms with Gasteiger partial charge in [0.1, 0.15) is 11.9 Å². The third kappa shape index (κ3) is 1.49. The molecule has 0 spiro atoms. The van der Waals surface area contributed by atoms with Gasteiger partial charge in [-0.2, -0.15) is 0 Å². The Kier molecular flexibility index (Phi) is 2.58. The molecular weight excluding hydrogens is 228 g/mol. The summed E-state index contributed by atoms with van der Waals surface area (Å²) in [7, 11) is 0.